The Labute approximate surface area is 190 Å². The van der Waals surface area contributed by atoms with Gasteiger partial charge in [-0.15, -0.1) is 0 Å². The minimum absolute atomic E-state index is 0.166. The second kappa shape index (κ2) is 8.09. The van der Waals surface area contributed by atoms with Crippen LogP contribution in [0, 0.1) is 0 Å². The van der Waals surface area contributed by atoms with Crippen LogP contribution in [0.5, 0.6) is 5.88 Å². The maximum atomic E-state index is 12.8. The van der Waals surface area contributed by atoms with Gasteiger partial charge in [-0.3, -0.25) is 4.40 Å². The lowest BCUT2D eigenvalue weighted by molar-refractivity contribution is 0.0555. The van der Waals surface area contributed by atoms with E-state index in [4.69, 9.17) is 14.5 Å². The largest absolute Gasteiger partial charge is 0.473 e. The molecular weight excluding hydrogens is 420 g/mol. The lowest BCUT2D eigenvalue weighted by Gasteiger charge is -2.38. The van der Waals surface area contributed by atoms with Crippen LogP contribution in [0.15, 0.2) is 67.0 Å². The summed E-state index contributed by atoms with van der Waals surface area (Å²) in [5.74, 6) is 1.90. The Morgan fingerprint density at radius 3 is 2.94 bits per heavy atom. The van der Waals surface area contributed by atoms with E-state index in [-0.39, 0.29) is 24.8 Å². The van der Waals surface area contributed by atoms with Crippen molar-refractivity contribution in [1.29, 1.82) is 0 Å². The maximum Gasteiger partial charge on any atom is 0.410 e. The molecular formula is C24H22N6O3. The summed E-state index contributed by atoms with van der Waals surface area (Å²) in [6, 6.07) is 17.1. The summed E-state index contributed by atoms with van der Waals surface area (Å²) in [5, 5.41) is 3.45. The van der Waals surface area contributed by atoms with E-state index in [1.54, 1.807) is 17.3 Å². The number of carbonyl (C=O) groups is 1. The number of fused-ring (bicyclic) bond motifs is 4. The van der Waals surface area contributed by atoms with Gasteiger partial charge in [0.25, 0.3) is 0 Å². The lowest BCUT2D eigenvalue weighted by Crippen LogP contribution is -2.54. The van der Waals surface area contributed by atoms with Crippen molar-refractivity contribution in [2.75, 3.05) is 18.4 Å². The lowest BCUT2D eigenvalue weighted by atomic mass is 10.0. The van der Waals surface area contributed by atoms with Gasteiger partial charge in [0.15, 0.2) is 11.7 Å². The molecule has 2 atom stereocenters. The van der Waals surface area contributed by atoms with Crippen LogP contribution < -0.4 is 10.1 Å². The molecule has 5 heterocycles. The van der Waals surface area contributed by atoms with E-state index in [9.17, 15) is 4.79 Å². The Kier molecular flexibility index (Phi) is 4.79. The summed E-state index contributed by atoms with van der Waals surface area (Å²) < 4.78 is 14.0. The highest BCUT2D eigenvalue weighted by atomic mass is 16.6. The van der Waals surface area contributed by atoms with Crippen molar-refractivity contribution in [1.82, 2.24) is 24.3 Å². The third-order valence-corrected chi connectivity index (χ3v) is 6.00. The first-order chi connectivity index (χ1) is 16.2. The van der Waals surface area contributed by atoms with Gasteiger partial charge in [-0.05, 0) is 23.8 Å². The van der Waals surface area contributed by atoms with E-state index in [1.165, 1.54) is 0 Å². The Balaban J connectivity index is 1.27. The number of imidazole rings is 1. The number of rotatable bonds is 2. The normalized spacial score (nSPS) is 19.2. The summed E-state index contributed by atoms with van der Waals surface area (Å²) in [7, 11) is 0. The zero-order valence-electron chi connectivity index (χ0n) is 17.8. The highest BCUT2D eigenvalue weighted by molar-refractivity contribution is 5.68. The molecule has 0 radical (unpaired) electrons. The van der Waals surface area contributed by atoms with Crippen molar-refractivity contribution >= 4 is 17.6 Å². The van der Waals surface area contributed by atoms with E-state index < -0.39 is 0 Å². The number of ether oxygens (including phenoxy) is 2. The smallest absolute Gasteiger partial charge is 0.410 e. The molecule has 4 aromatic rings. The first-order valence-electron chi connectivity index (χ1n) is 10.9. The number of nitrogens with one attached hydrogen (secondary N) is 1. The van der Waals surface area contributed by atoms with Gasteiger partial charge in [-0.2, -0.15) is 0 Å². The Hall–Kier alpha value is -4.14. The van der Waals surface area contributed by atoms with Gasteiger partial charge in [0.2, 0.25) is 0 Å². The summed E-state index contributed by atoms with van der Waals surface area (Å²) in [6.07, 6.45) is 3.63. The number of nitrogens with zero attached hydrogens (tertiary/aromatic N) is 5. The molecule has 9 nitrogen and oxygen atoms in total. The first kappa shape index (κ1) is 19.5. The number of piperidine rings is 1. The minimum atomic E-state index is -0.335. The number of aromatic nitrogens is 4. The predicted molar refractivity (Wildman–Crippen MR) is 121 cm³/mol. The molecule has 1 saturated heterocycles. The minimum Gasteiger partial charge on any atom is -0.473 e. The van der Waals surface area contributed by atoms with Gasteiger partial charge in [0.05, 0.1) is 12.2 Å². The fraction of sp³-hybridized carbons (Fsp3) is 0.250. The molecule has 166 valence electrons. The van der Waals surface area contributed by atoms with Crippen LogP contribution in [0.2, 0.25) is 0 Å². The highest BCUT2D eigenvalue weighted by Crippen LogP contribution is 2.29. The molecule has 33 heavy (non-hydrogen) atoms. The summed E-state index contributed by atoms with van der Waals surface area (Å²) in [5.41, 5.74) is 2.49. The standard InChI is InChI=1S/C24H22N6O3/c31-24(32-15-16-5-2-1-3-6-16)29-12-10-19-17(14-29)27-20-9-11-25-23(28-20)18-13-26-21-7-4-8-22(33-19)30(18)21/h1-9,11,13,17,19H,10,12,14-15H2,(H,25,27,28). The molecule has 1 fully saturated rings. The Morgan fingerprint density at radius 2 is 2.03 bits per heavy atom. The van der Waals surface area contributed by atoms with Crippen LogP contribution >= 0.6 is 0 Å². The van der Waals surface area contributed by atoms with Crippen molar-refractivity contribution < 1.29 is 14.3 Å². The van der Waals surface area contributed by atoms with Crippen molar-refractivity contribution in [2.24, 2.45) is 0 Å². The molecule has 2 aliphatic rings. The number of anilines is 1. The van der Waals surface area contributed by atoms with Gasteiger partial charge < -0.3 is 19.7 Å². The van der Waals surface area contributed by atoms with Crippen LogP contribution in [0.3, 0.4) is 0 Å². The summed E-state index contributed by atoms with van der Waals surface area (Å²) in [6.45, 7) is 1.22. The molecule has 9 heteroatoms. The van der Waals surface area contributed by atoms with Crippen LogP contribution in [-0.2, 0) is 11.3 Å². The second-order valence-corrected chi connectivity index (χ2v) is 8.15. The third kappa shape index (κ3) is 3.71. The molecule has 0 spiro atoms. The summed E-state index contributed by atoms with van der Waals surface area (Å²) in [4.78, 5) is 28.1. The van der Waals surface area contributed by atoms with Crippen LogP contribution in [-0.4, -0.2) is 55.6 Å². The number of amides is 1. The average Bonchev–Trinajstić information content (AvgIpc) is 3.29. The molecule has 0 saturated carbocycles. The Morgan fingerprint density at radius 1 is 1.12 bits per heavy atom. The van der Waals surface area contributed by atoms with E-state index in [0.29, 0.717) is 37.0 Å². The average molecular weight is 442 g/mol. The molecule has 1 amide bonds. The number of pyridine rings is 1. The van der Waals surface area contributed by atoms with E-state index in [2.05, 4.69) is 15.3 Å². The van der Waals surface area contributed by atoms with E-state index >= 15 is 0 Å². The van der Waals surface area contributed by atoms with E-state index in [0.717, 1.165) is 16.9 Å². The third-order valence-electron chi connectivity index (χ3n) is 6.00. The van der Waals surface area contributed by atoms with Crippen molar-refractivity contribution in [3.63, 3.8) is 0 Å². The van der Waals surface area contributed by atoms with E-state index in [1.807, 2.05) is 59.0 Å². The molecule has 1 aromatic carbocycles. The molecule has 3 aromatic heterocycles. The molecule has 2 bridgehead atoms. The van der Waals surface area contributed by atoms with Crippen LogP contribution in [0.25, 0.3) is 17.2 Å². The molecule has 1 N–H and O–H groups in total. The second-order valence-electron chi connectivity index (χ2n) is 8.15. The maximum absolute atomic E-state index is 12.8. The number of hydrogen-bond donors (Lipinski definition) is 1. The number of carbonyl (C=O) groups excluding carboxylic acids is 1. The molecule has 0 aliphatic carbocycles. The number of hydrogen-bond acceptors (Lipinski definition) is 7. The molecule has 2 aliphatic heterocycles. The molecule has 2 unspecified atom stereocenters. The first-order valence-corrected chi connectivity index (χ1v) is 10.9. The van der Waals surface area contributed by atoms with Gasteiger partial charge >= 0.3 is 6.09 Å². The predicted octanol–water partition coefficient (Wildman–Crippen LogP) is 3.38. The van der Waals surface area contributed by atoms with Crippen LogP contribution in [0.4, 0.5) is 10.6 Å². The van der Waals surface area contributed by atoms with Gasteiger partial charge in [0.1, 0.15) is 29.9 Å². The fourth-order valence-electron chi connectivity index (χ4n) is 4.35. The summed E-state index contributed by atoms with van der Waals surface area (Å²) >= 11 is 0. The van der Waals surface area contributed by atoms with Gasteiger partial charge in [0, 0.05) is 25.7 Å². The zero-order valence-corrected chi connectivity index (χ0v) is 17.8. The van der Waals surface area contributed by atoms with Crippen LogP contribution in [0.1, 0.15) is 12.0 Å². The topological polar surface area (TPSA) is 93.9 Å². The fourth-order valence-corrected chi connectivity index (χ4v) is 4.35. The van der Waals surface area contributed by atoms with Gasteiger partial charge in [-0.25, -0.2) is 19.7 Å². The van der Waals surface area contributed by atoms with Crippen molar-refractivity contribution in [3.05, 3.63) is 72.6 Å². The zero-order chi connectivity index (χ0) is 22.2. The SMILES string of the molecule is O=C(OCc1ccccc1)N1CCC2Oc3cccc4ncc(n34)-c3nccc(n3)NC2C1. The quantitative estimate of drug-likeness (QED) is 0.509. The monoisotopic (exact) mass is 442 g/mol. The number of likely N-dealkylation sites (tertiary alicyclic amines) is 1. The molecule has 6 rings (SSSR count). The van der Waals surface area contributed by atoms with Crippen molar-refractivity contribution in [3.8, 4) is 17.4 Å². The van der Waals surface area contributed by atoms with Gasteiger partial charge in [-0.1, -0.05) is 36.4 Å². The number of benzene rings is 1. The Bertz CT molecular complexity index is 1310. The van der Waals surface area contributed by atoms with Crippen molar-refractivity contribution in [2.45, 2.75) is 25.2 Å². The highest BCUT2D eigenvalue weighted by Gasteiger charge is 2.35.